The van der Waals surface area contributed by atoms with Crippen LogP contribution in [0.15, 0.2) is 142 Å². The molecule has 6 rings (SSSR count). The maximum Gasteiger partial charge on any atom is 0.311 e. The molecule has 7 unspecified atom stereocenters. The predicted molar refractivity (Wildman–Crippen MR) is 573 cm³/mol. The van der Waals surface area contributed by atoms with Crippen LogP contribution in [0, 0.1) is 109 Å². The largest absolute Gasteiger partial charge is 0.748 e. The van der Waals surface area contributed by atoms with E-state index in [1.807, 2.05) is 143 Å². The number of benzene rings is 2. The Morgan fingerprint density at radius 1 is 0.476 bits per heavy atom. The van der Waals surface area contributed by atoms with E-state index in [1.54, 1.807) is 83.1 Å². The second-order valence-corrected chi connectivity index (χ2v) is 53.4. The van der Waals surface area contributed by atoms with E-state index in [1.165, 1.54) is 30.9 Å². The van der Waals surface area contributed by atoms with Crippen LogP contribution in [0.3, 0.4) is 0 Å². The molecule has 0 fully saturated rings. The Kier molecular flexibility index (Phi) is 43.9. The fraction of sp³-hybridized carbons (Fsp3) is 0.658. The Morgan fingerprint density at radius 2 is 0.855 bits per heavy atom. The number of hydrogen-bond donors (Lipinski definition) is 0. The molecule has 145 heavy (non-hydrogen) atoms. The number of ketones is 12. The van der Waals surface area contributed by atoms with Crippen molar-refractivity contribution in [1.29, 1.82) is 0 Å². The zero-order valence-corrected chi connectivity index (χ0v) is 95.5. The molecule has 0 N–H and O–H groups in total. The third-order valence-corrected chi connectivity index (χ3v) is 31.4. The Labute approximate surface area is 869 Å². The Balaban J connectivity index is 1.15. The van der Waals surface area contributed by atoms with Crippen molar-refractivity contribution in [2.45, 2.75) is 378 Å². The summed E-state index contributed by atoms with van der Waals surface area (Å²) in [7, 11) is -8.43. The van der Waals surface area contributed by atoms with Gasteiger partial charge in [-0.15, -0.1) is 0 Å². The molecule has 1 aliphatic carbocycles. The molecule has 23 nitrogen and oxygen atoms in total. The van der Waals surface area contributed by atoms with E-state index in [-0.39, 0.29) is 232 Å². The Hall–Kier alpha value is -8.91. The fourth-order valence-electron chi connectivity index (χ4n) is 21.3. The summed E-state index contributed by atoms with van der Waals surface area (Å²) in [5.74, 6) is -8.40. The highest BCUT2D eigenvalue weighted by Gasteiger charge is 2.49. The molecule has 806 valence electrons. The number of fused-ring (bicyclic) bond motifs is 2. The fourth-order valence-corrected chi connectivity index (χ4v) is 22.3. The number of methoxy groups -OCH3 is 1. The van der Waals surface area contributed by atoms with Crippen LogP contribution in [-0.2, 0) is 97.5 Å². The molecule has 0 saturated carbocycles. The predicted octanol–water partition coefficient (Wildman–Crippen LogP) is 24.6. The zero-order chi connectivity index (χ0) is 110. The molecule has 0 bridgehead atoms. The minimum absolute atomic E-state index is 0.00923. The number of Topliss-reactive ketones (excluding diaryl/α,β-unsaturated/α-hetero) is 12. The molecule has 0 radical (unpaired) electrons. The normalized spacial score (nSPS) is 17.8. The molecule has 3 aliphatic heterocycles. The third kappa shape index (κ3) is 35.6. The van der Waals surface area contributed by atoms with E-state index in [2.05, 4.69) is 76.8 Å². The Morgan fingerprint density at radius 3 is 1.21 bits per heavy atom. The molecular formula is C120H176N2O21S2-2. The minimum Gasteiger partial charge on any atom is -0.748 e. The summed E-state index contributed by atoms with van der Waals surface area (Å²) < 4.78 is 86.8. The van der Waals surface area contributed by atoms with Crippen LogP contribution < -0.4 is 4.90 Å². The van der Waals surface area contributed by atoms with Crippen LogP contribution in [0.5, 0.6) is 0 Å². The third-order valence-electron chi connectivity index (χ3n) is 29.8. The number of likely N-dealkylation sites (N-methyl/N-ethyl adjacent to an activating group) is 1. The maximum absolute atomic E-state index is 14.9. The minimum atomic E-state index is -5.02. The monoisotopic (exact) mass is 2050 g/mol. The number of hydrogen-bond acceptors (Lipinski definition) is 23. The highest BCUT2D eigenvalue weighted by Crippen LogP contribution is 2.54. The highest BCUT2D eigenvalue weighted by atomic mass is 32.2. The van der Waals surface area contributed by atoms with Gasteiger partial charge in [-0.25, -0.2) is 16.8 Å². The summed E-state index contributed by atoms with van der Waals surface area (Å²) in [5.41, 5.74) is -1.35. The van der Waals surface area contributed by atoms with Gasteiger partial charge in [-0.05, 0) is 193 Å². The van der Waals surface area contributed by atoms with E-state index in [0.717, 1.165) is 46.0 Å². The molecule has 0 spiro atoms. The van der Waals surface area contributed by atoms with Gasteiger partial charge in [-0.2, -0.15) is 0 Å². The van der Waals surface area contributed by atoms with E-state index in [0.29, 0.717) is 55.5 Å². The molecule has 0 saturated heterocycles. The standard InChI is InChI=1S/C120H178N2O21S2/c1-33-122-96-67-103-91(66-92(96)93(68-119(122,29)30)81-42-36-34-37-43-81)82(64-110(143-103)112(14,15)16)44-38-35-39-46-104-120(31,94-65-90(145(139,140)141)47-48-95(94)121(104)50-41-51-144(136,137)138)49-40-45-89(123)58-83(52-75(2)3)97(124)69-113(17,18)105(130)59-84(53-76(4)5)98(125)70-114(19,20)106(131)60-85(54-77(6)7)99(126)71-115(21,22)107(132)61-86(55-78(8)9)100(127)72-116(23,24)108(133)62-87(56-79(10)11)101(128)73-117(25,26)109(134)63-88(57-80(12)13)102(129)74-118(27,28)111(135)142-32/h34-39,42-44,46-48,64-65,67-68,75-80,83-88H,33,40-41,45,49-63,66,69-74H2,1-32H3,(H,136,137,138)(H,139,140,141)/p-2/b39-35+,44-38+,104-46-. The average Bonchev–Trinajstić information content (AvgIpc) is 1.47. The van der Waals surface area contributed by atoms with Gasteiger partial charge in [-0.3, -0.25) is 62.3 Å². The van der Waals surface area contributed by atoms with E-state index in [9.17, 15) is 88.3 Å². The van der Waals surface area contributed by atoms with Crippen LogP contribution >= 0.6 is 0 Å². The summed E-state index contributed by atoms with van der Waals surface area (Å²) in [4.78, 5) is 192. The van der Waals surface area contributed by atoms with Crippen LogP contribution in [0.1, 0.15) is 373 Å². The topological polar surface area (TPSA) is 361 Å². The van der Waals surface area contributed by atoms with Gasteiger partial charge in [0.05, 0.1) is 33.1 Å². The van der Waals surface area contributed by atoms with E-state index in [4.69, 9.17) is 9.47 Å². The van der Waals surface area contributed by atoms with Crippen molar-refractivity contribution in [3.8, 4) is 0 Å². The number of carbonyl (C=O) groups is 13. The van der Waals surface area contributed by atoms with Crippen molar-refractivity contribution in [3.05, 3.63) is 148 Å². The van der Waals surface area contributed by atoms with Crippen LogP contribution in [0.4, 0.5) is 5.69 Å². The molecule has 7 atom stereocenters. The molecule has 0 amide bonds. The van der Waals surface area contributed by atoms with E-state index >= 15 is 0 Å². The van der Waals surface area contributed by atoms with Crippen molar-refractivity contribution in [2.24, 2.45) is 109 Å². The second-order valence-electron chi connectivity index (χ2n) is 50.5. The number of esters is 1. The number of anilines is 1. The average molecular weight is 2050 g/mol. The van der Waals surface area contributed by atoms with Gasteiger partial charge in [0.25, 0.3) is 0 Å². The van der Waals surface area contributed by atoms with Crippen molar-refractivity contribution in [3.63, 3.8) is 0 Å². The first-order chi connectivity index (χ1) is 66.5. The summed E-state index contributed by atoms with van der Waals surface area (Å²) in [5, 5.41) is 0. The first-order valence-corrected chi connectivity index (χ1v) is 56.0. The zero-order valence-electron chi connectivity index (χ0n) is 93.8. The smallest absolute Gasteiger partial charge is 0.311 e. The number of ether oxygens (including phenoxy) is 2. The summed E-state index contributed by atoms with van der Waals surface area (Å²) in [6.45, 7) is 58.6. The van der Waals surface area contributed by atoms with Gasteiger partial charge in [0.1, 0.15) is 91.0 Å². The molecule has 25 heteroatoms. The maximum atomic E-state index is 14.9. The number of nitrogens with zero attached hydrogens (tertiary/aromatic N) is 2. The molecule has 0 aromatic heterocycles. The van der Waals surface area contributed by atoms with Gasteiger partial charge in [0, 0.05) is 211 Å². The summed E-state index contributed by atoms with van der Waals surface area (Å²) in [6, 6.07) is 14.4. The second kappa shape index (κ2) is 51.1. The lowest BCUT2D eigenvalue weighted by Gasteiger charge is -2.46. The Bertz CT molecular complexity index is 5580. The summed E-state index contributed by atoms with van der Waals surface area (Å²) >= 11 is 0. The van der Waals surface area contributed by atoms with Gasteiger partial charge in [0.15, 0.2) is 0 Å². The van der Waals surface area contributed by atoms with Crippen molar-refractivity contribution in [1.82, 2.24) is 4.90 Å². The first kappa shape index (κ1) is 125. The van der Waals surface area contributed by atoms with Crippen LogP contribution in [0.2, 0.25) is 0 Å². The van der Waals surface area contributed by atoms with Gasteiger partial charge in [0.2, 0.25) is 0 Å². The lowest BCUT2D eigenvalue weighted by atomic mass is 9.70. The van der Waals surface area contributed by atoms with Crippen LogP contribution in [0.25, 0.3) is 5.57 Å². The molecule has 2 aromatic rings. The van der Waals surface area contributed by atoms with Crippen molar-refractivity contribution in [2.75, 3.05) is 30.9 Å². The number of carbonyl (C=O) groups excluding carboxylic acids is 13. The van der Waals surface area contributed by atoms with Crippen LogP contribution in [-0.4, -0.2) is 138 Å². The lowest BCUT2D eigenvalue weighted by Crippen LogP contribution is -2.44. The van der Waals surface area contributed by atoms with E-state index < -0.39 is 110 Å². The SMILES string of the molecule is CCN1C2=C(CC3=C(/C=C/C=C/C=C4\N(CCCS(=O)(=O)[O-])c5ccc(S(=O)(=O)[O-])cc5C4(C)CCCC(=O)CC(CC(C)C)C(=O)CC(C)(C)C(=O)CC(CC(C)C)C(=O)CC(C)(C)C(=O)CC(CC(C)C)C(=O)CC(C)(C)C(=O)CC(CC(C)C)C(=O)CC(C)(C)C(=O)CC(CC(C)C)C(=O)CC(C)(C)C(=O)CC(CC(C)C)C(=O)CC(C)(C)C(=O)OC)C=C(C(C)(C)C)OC3=C2)C(c2ccccc2)=CC1(C)C. The van der Waals surface area contributed by atoms with Gasteiger partial charge < -0.3 is 28.4 Å². The van der Waals surface area contributed by atoms with Crippen molar-refractivity contribution >= 4 is 107 Å². The molecule has 2 aromatic carbocycles. The quantitative estimate of drug-likeness (QED) is 0.0337. The summed E-state index contributed by atoms with van der Waals surface area (Å²) in [6.07, 6.45) is 16.4. The molecule has 4 aliphatic rings. The number of allylic oxidation sites excluding steroid dienone is 13. The number of rotatable bonds is 62. The highest BCUT2D eigenvalue weighted by molar-refractivity contribution is 7.86. The van der Waals surface area contributed by atoms with Gasteiger partial charge in [-0.1, -0.05) is 234 Å². The van der Waals surface area contributed by atoms with Crippen molar-refractivity contribution < 1.29 is 97.7 Å². The lowest BCUT2D eigenvalue weighted by molar-refractivity contribution is -0.153. The molecule has 3 heterocycles. The first-order valence-electron chi connectivity index (χ1n) is 53.0. The molecular weight excluding hydrogens is 1870 g/mol. The van der Waals surface area contributed by atoms with Gasteiger partial charge >= 0.3 is 5.97 Å².